The van der Waals surface area contributed by atoms with E-state index in [1.807, 2.05) is 11.9 Å². The van der Waals surface area contributed by atoms with Crippen LogP contribution in [0.1, 0.15) is 12.6 Å². The van der Waals surface area contributed by atoms with Crippen molar-refractivity contribution in [3.63, 3.8) is 0 Å². The summed E-state index contributed by atoms with van der Waals surface area (Å²) >= 11 is 1.19. The van der Waals surface area contributed by atoms with Crippen molar-refractivity contribution in [2.75, 3.05) is 37.9 Å². The van der Waals surface area contributed by atoms with E-state index in [9.17, 15) is 18.0 Å². The molecule has 0 spiro atoms. The number of thiazole rings is 1. The van der Waals surface area contributed by atoms with Crippen molar-refractivity contribution >= 4 is 38.2 Å². The Labute approximate surface area is 162 Å². The zero-order valence-corrected chi connectivity index (χ0v) is 16.8. The molecule has 1 unspecified atom stereocenters. The van der Waals surface area contributed by atoms with E-state index in [0.717, 1.165) is 12.2 Å². The van der Waals surface area contributed by atoms with E-state index in [4.69, 9.17) is 0 Å². The molecule has 1 saturated heterocycles. The number of piperazine rings is 1. The minimum Gasteiger partial charge on any atom is -0.340 e. The number of hydrogen-bond donors (Lipinski definition) is 1. The smallest absolute Gasteiger partial charge is 0.260 e. The molecule has 1 aliphatic carbocycles. The summed E-state index contributed by atoms with van der Waals surface area (Å²) < 4.78 is 27.5. The molecule has 27 heavy (non-hydrogen) atoms. The molecule has 1 fully saturated rings. The van der Waals surface area contributed by atoms with Gasteiger partial charge in [0.2, 0.25) is 5.91 Å². The van der Waals surface area contributed by atoms with Crippen molar-refractivity contribution in [1.29, 1.82) is 0 Å². The molecular weight excluding hydrogens is 388 g/mol. The van der Waals surface area contributed by atoms with Gasteiger partial charge in [0.25, 0.3) is 10.0 Å². The van der Waals surface area contributed by atoms with Gasteiger partial charge in [-0.25, -0.2) is 13.4 Å². The van der Waals surface area contributed by atoms with Crippen LogP contribution in [0.2, 0.25) is 0 Å². The van der Waals surface area contributed by atoms with E-state index in [0.29, 0.717) is 26.1 Å². The molecular formula is C17H22N4O4S2. The van der Waals surface area contributed by atoms with Crippen LogP contribution in [-0.2, 0) is 26.0 Å². The molecule has 1 aliphatic heterocycles. The monoisotopic (exact) mass is 410 g/mol. The third kappa shape index (κ3) is 4.63. The van der Waals surface area contributed by atoms with Crippen LogP contribution in [-0.4, -0.2) is 68.1 Å². The zero-order valence-electron chi connectivity index (χ0n) is 15.2. The first-order chi connectivity index (χ1) is 12.8. The van der Waals surface area contributed by atoms with E-state index >= 15 is 0 Å². The van der Waals surface area contributed by atoms with Crippen molar-refractivity contribution < 1.29 is 18.0 Å². The molecule has 2 aliphatic rings. The topological polar surface area (TPSA) is 99.7 Å². The number of anilines is 1. The molecule has 3 rings (SSSR count). The van der Waals surface area contributed by atoms with Crippen LogP contribution < -0.4 is 4.72 Å². The maximum Gasteiger partial charge on any atom is 0.260 e. The van der Waals surface area contributed by atoms with Crippen LogP contribution >= 0.6 is 11.3 Å². The second-order valence-electron chi connectivity index (χ2n) is 6.67. The normalized spacial score (nSPS) is 21.5. The van der Waals surface area contributed by atoms with Gasteiger partial charge in [-0.05, 0) is 19.2 Å². The van der Waals surface area contributed by atoms with Crippen molar-refractivity contribution in [2.24, 2.45) is 5.92 Å². The summed E-state index contributed by atoms with van der Waals surface area (Å²) in [4.78, 5) is 31.8. The standard InChI is InChI=1S/C17H22N4O4S2/c1-12-14(22)4-3-5-15(12)27(24,25)19-17-18-13(11-26-17)6-7-21-9-8-20(2)10-16(21)23/h3-5,11-12H,6-10H2,1-2H3,(H,18,19). The van der Waals surface area contributed by atoms with Gasteiger partial charge >= 0.3 is 0 Å². The van der Waals surface area contributed by atoms with Gasteiger partial charge in [-0.2, -0.15) is 0 Å². The van der Waals surface area contributed by atoms with E-state index in [-0.39, 0.29) is 21.7 Å². The van der Waals surface area contributed by atoms with Crippen molar-refractivity contribution in [3.05, 3.63) is 34.2 Å². The molecule has 0 aromatic carbocycles. The number of rotatable bonds is 6. The number of carbonyl (C=O) groups excluding carboxylic acids is 2. The molecule has 1 aromatic rings. The Bertz CT molecular complexity index is 904. The average Bonchev–Trinajstić information content (AvgIpc) is 3.03. The highest BCUT2D eigenvalue weighted by Gasteiger charge is 2.29. The van der Waals surface area contributed by atoms with Crippen LogP contribution in [0.15, 0.2) is 28.5 Å². The number of nitrogens with zero attached hydrogens (tertiary/aromatic N) is 3. The van der Waals surface area contributed by atoms with Gasteiger partial charge in [-0.1, -0.05) is 13.0 Å². The zero-order chi connectivity index (χ0) is 19.6. The third-order valence-electron chi connectivity index (χ3n) is 4.61. The Hall–Kier alpha value is -2.04. The van der Waals surface area contributed by atoms with Crippen LogP contribution in [0.4, 0.5) is 5.13 Å². The van der Waals surface area contributed by atoms with Crippen LogP contribution in [0, 0.1) is 5.92 Å². The lowest BCUT2D eigenvalue weighted by molar-refractivity contribution is -0.135. The summed E-state index contributed by atoms with van der Waals surface area (Å²) in [7, 11) is -1.92. The summed E-state index contributed by atoms with van der Waals surface area (Å²) in [6.07, 6.45) is 4.80. The van der Waals surface area contributed by atoms with E-state index < -0.39 is 15.9 Å². The summed E-state index contributed by atoms with van der Waals surface area (Å²) in [5, 5.41) is 2.03. The first-order valence-electron chi connectivity index (χ1n) is 8.62. The van der Waals surface area contributed by atoms with Gasteiger partial charge < -0.3 is 4.90 Å². The molecule has 1 atom stereocenters. The van der Waals surface area contributed by atoms with Gasteiger partial charge in [0, 0.05) is 31.4 Å². The van der Waals surface area contributed by atoms with Crippen molar-refractivity contribution in [1.82, 2.24) is 14.8 Å². The van der Waals surface area contributed by atoms with Crippen molar-refractivity contribution in [2.45, 2.75) is 13.3 Å². The maximum absolute atomic E-state index is 12.5. The quantitative estimate of drug-likeness (QED) is 0.747. The summed E-state index contributed by atoms with van der Waals surface area (Å²) in [6, 6.07) is 0. The average molecular weight is 411 g/mol. The number of carbonyl (C=O) groups is 2. The minimum absolute atomic E-state index is 0.0368. The Kier molecular flexibility index (Phi) is 5.78. The highest BCUT2D eigenvalue weighted by Crippen LogP contribution is 2.26. The van der Waals surface area contributed by atoms with E-state index in [1.54, 1.807) is 17.2 Å². The molecule has 0 saturated carbocycles. The number of allylic oxidation sites excluding steroid dienone is 4. The second-order valence-corrected chi connectivity index (χ2v) is 9.21. The number of sulfonamides is 1. The lowest BCUT2D eigenvalue weighted by atomic mass is 10.0. The maximum atomic E-state index is 12.5. The molecule has 146 valence electrons. The largest absolute Gasteiger partial charge is 0.340 e. The van der Waals surface area contributed by atoms with Gasteiger partial charge in [-0.15, -0.1) is 11.3 Å². The Morgan fingerprint density at radius 1 is 1.33 bits per heavy atom. The van der Waals surface area contributed by atoms with Crippen LogP contribution in [0.5, 0.6) is 0 Å². The number of hydrogen-bond acceptors (Lipinski definition) is 7. The molecule has 1 aromatic heterocycles. The van der Waals surface area contributed by atoms with Gasteiger partial charge in [0.05, 0.1) is 23.1 Å². The third-order valence-corrected chi connectivity index (χ3v) is 7.11. The van der Waals surface area contributed by atoms with Crippen molar-refractivity contribution in [3.8, 4) is 0 Å². The SMILES string of the molecule is CC1C(=O)C=CC=C1S(=O)(=O)Nc1nc(CCN2CCN(C)CC2=O)cs1. The predicted octanol–water partition coefficient (Wildman–Crippen LogP) is 0.860. The van der Waals surface area contributed by atoms with Gasteiger partial charge in [0.1, 0.15) is 0 Å². The van der Waals surface area contributed by atoms with E-state index in [2.05, 4.69) is 9.71 Å². The number of aromatic nitrogens is 1. The molecule has 0 bridgehead atoms. The van der Waals surface area contributed by atoms with Gasteiger partial charge in [0.15, 0.2) is 10.9 Å². The lowest BCUT2D eigenvalue weighted by Crippen LogP contribution is -2.49. The fourth-order valence-electron chi connectivity index (χ4n) is 2.94. The number of likely N-dealkylation sites (N-methyl/N-ethyl adjacent to an activating group) is 1. The van der Waals surface area contributed by atoms with Gasteiger partial charge in [-0.3, -0.25) is 19.2 Å². The molecule has 10 heteroatoms. The fourth-order valence-corrected chi connectivity index (χ4v) is 5.29. The lowest BCUT2D eigenvalue weighted by Gasteiger charge is -2.31. The van der Waals surface area contributed by atoms with Crippen LogP contribution in [0.25, 0.3) is 0 Å². The first kappa shape index (κ1) is 19.7. The number of ketones is 1. The second kappa shape index (κ2) is 7.91. The molecule has 0 radical (unpaired) electrons. The molecule has 2 heterocycles. The Morgan fingerprint density at radius 3 is 2.85 bits per heavy atom. The Morgan fingerprint density at radius 2 is 2.11 bits per heavy atom. The minimum atomic E-state index is -3.84. The molecule has 8 nitrogen and oxygen atoms in total. The predicted molar refractivity (Wildman–Crippen MR) is 104 cm³/mol. The molecule has 1 amide bonds. The first-order valence-corrected chi connectivity index (χ1v) is 11.0. The highest BCUT2D eigenvalue weighted by atomic mass is 32.2. The summed E-state index contributed by atoms with van der Waals surface area (Å²) in [5.41, 5.74) is 0.728. The number of nitrogens with one attached hydrogen (secondary N) is 1. The highest BCUT2D eigenvalue weighted by molar-refractivity contribution is 7.96. The summed E-state index contributed by atoms with van der Waals surface area (Å²) in [6.45, 7) is 4.07. The fraction of sp³-hybridized carbons (Fsp3) is 0.471. The molecule has 1 N–H and O–H groups in total. The number of amides is 1. The van der Waals surface area contributed by atoms with Crippen LogP contribution in [0.3, 0.4) is 0 Å². The Balaban J connectivity index is 1.61. The van der Waals surface area contributed by atoms with E-state index in [1.165, 1.54) is 29.6 Å². The summed E-state index contributed by atoms with van der Waals surface area (Å²) in [5.74, 6) is -0.861.